The van der Waals surface area contributed by atoms with Crippen LogP contribution in [0.3, 0.4) is 0 Å². The Labute approximate surface area is 152 Å². The zero-order valence-electron chi connectivity index (χ0n) is 14.7. The number of ketones is 1. The first-order valence-corrected chi connectivity index (χ1v) is 8.33. The lowest BCUT2D eigenvalue weighted by molar-refractivity contribution is -0.136. The molecule has 8 heteroatoms. The van der Waals surface area contributed by atoms with Gasteiger partial charge in [-0.3, -0.25) is 4.79 Å². The van der Waals surface area contributed by atoms with Gasteiger partial charge in [0.05, 0.1) is 18.4 Å². The maximum absolute atomic E-state index is 14.3. The molecular weight excluding hydrogens is 366 g/mol. The molecule has 0 aromatic heterocycles. The van der Waals surface area contributed by atoms with Gasteiger partial charge in [-0.2, -0.15) is 0 Å². The van der Waals surface area contributed by atoms with E-state index in [2.05, 4.69) is 5.32 Å². The number of hydrogen-bond acceptors (Lipinski definition) is 4. The number of benzene rings is 1. The Hall–Kier alpha value is -2.64. The monoisotopic (exact) mass is 383 g/mol. The van der Waals surface area contributed by atoms with Crippen LogP contribution in [0.4, 0.5) is 17.6 Å². The molecule has 1 aromatic carbocycles. The maximum atomic E-state index is 14.3. The lowest BCUT2D eigenvalue weighted by atomic mass is 9.77. The summed E-state index contributed by atoms with van der Waals surface area (Å²) < 4.78 is 60.8. The lowest BCUT2D eigenvalue weighted by Gasteiger charge is -2.30. The highest BCUT2D eigenvalue weighted by molar-refractivity contribution is 6.05. The van der Waals surface area contributed by atoms with Crippen molar-refractivity contribution in [1.29, 1.82) is 0 Å². The molecule has 144 valence electrons. The molecule has 0 saturated heterocycles. The van der Waals surface area contributed by atoms with Gasteiger partial charge >= 0.3 is 5.97 Å². The Morgan fingerprint density at radius 2 is 2.04 bits per heavy atom. The minimum atomic E-state index is -1.84. The van der Waals surface area contributed by atoms with Crippen molar-refractivity contribution in [1.82, 2.24) is 5.32 Å². The lowest BCUT2D eigenvalue weighted by Crippen LogP contribution is -2.32. The number of nitrogens with one attached hydrogen (secondary N) is 1. The fourth-order valence-electron chi connectivity index (χ4n) is 3.74. The molecule has 2 aliphatic rings. The number of rotatable bonds is 4. The van der Waals surface area contributed by atoms with Crippen LogP contribution in [0.2, 0.25) is 0 Å². The third-order valence-electron chi connectivity index (χ3n) is 4.81. The molecule has 0 amide bonds. The number of allylic oxidation sites excluding steroid dienone is 3. The van der Waals surface area contributed by atoms with Gasteiger partial charge in [-0.05, 0) is 25.0 Å². The minimum Gasteiger partial charge on any atom is -0.466 e. The Bertz CT molecular complexity index is 889. The molecular formula is C19H17F4NO3. The molecule has 0 spiro atoms. The van der Waals surface area contributed by atoms with Crippen LogP contribution in [0.25, 0.3) is 0 Å². The van der Waals surface area contributed by atoms with Crippen LogP contribution in [0.15, 0.2) is 34.7 Å². The van der Waals surface area contributed by atoms with E-state index in [1.54, 1.807) is 0 Å². The third kappa shape index (κ3) is 3.13. The third-order valence-corrected chi connectivity index (χ3v) is 4.81. The number of alkyl halides is 2. The summed E-state index contributed by atoms with van der Waals surface area (Å²) >= 11 is 0. The normalized spacial score (nSPS) is 20.5. The van der Waals surface area contributed by atoms with Crippen molar-refractivity contribution in [2.45, 2.75) is 31.9 Å². The van der Waals surface area contributed by atoms with Crippen LogP contribution >= 0.6 is 0 Å². The smallest absolute Gasteiger partial charge is 0.336 e. The molecule has 1 aliphatic heterocycles. The molecule has 0 fully saturated rings. The number of carbonyl (C=O) groups excluding carboxylic acids is 2. The van der Waals surface area contributed by atoms with Gasteiger partial charge in [-0.25, -0.2) is 22.4 Å². The van der Waals surface area contributed by atoms with Crippen molar-refractivity contribution in [2.24, 2.45) is 0 Å². The first-order chi connectivity index (χ1) is 12.8. The minimum absolute atomic E-state index is 0.0829. The van der Waals surface area contributed by atoms with E-state index >= 15 is 0 Å². The Kier molecular flexibility index (Phi) is 5.08. The molecule has 1 heterocycles. The van der Waals surface area contributed by atoms with E-state index in [4.69, 9.17) is 4.74 Å². The van der Waals surface area contributed by atoms with Crippen LogP contribution in [0.1, 0.15) is 43.0 Å². The zero-order chi connectivity index (χ0) is 19.9. The average molecular weight is 383 g/mol. The topological polar surface area (TPSA) is 55.4 Å². The van der Waals surface area contributed by atoms with E-state index in [1.165, 1.54) is 0 Å². The summed E-state index contributed by atoms with van der Waals surface area (Å²) in [7, 11) is 1.06. The molecule has 0 unspecified atom stereocenters. The van der Waals surface area contributed by atoms with Gasteiger partial charge in [-0.15, -0.1) is 0 Å². The van der Waals surface area contributed by atoms with Crippen molar-refractivity contribution in [2.75, 3.05) is 13.8 Å². The fourth-order valence-corrected chi connectivity index (χ4v) is 3.74. The SMILES string of the molecule is COC(=O)C1=C(CF)NC2=C(C(=O)CC2)[C@H]1c1cc(F)cc(F)c1[C@H](C)F. The van der Waals surface area contributed by atoms with Crippen molar-refractivity contribution in [3.63, 3.8) is 0 Å². The van der Waals surface area contributed by atoms with Crippen molar-refractivity contribution >= 4 is 11.8 Å². The number of halogens is 4. The summed E-state index contributed by atoms with van der Waals surface area (Å²) in [5, 5.41) is 2.72. The van der Waals surface area contributed by atoms with Gasteiger partial charge < -0.3 is 10.1 Å². The van der Waals surface area contributed by atoms with E-state index < -0.39 is 41.9 Å². The van der Waals surface area contributed by atoms with Gasteiger partial charge in [0.2, 0.25) is 0 Å². The highest BCUT2D eigenvalue weighted by atomic mass is 19.1. The second kappa shape index (κ2) is 7.17. The highest BCUT2D eigenvalue weighted by Crippen LogP contribution is 2.46. The number of hydrogen-bond donors (Lipinski definition) is 1. The maximum Gasteiger partial charge on any atom is 0.336 e. The van der Waals surface area contributed by atoms with E-state index in [9.17, 15) is 27.2 Å². The van der Waals surface area contributed by atoms with Gasteiger partial charge in [0.1, 0.15) is 24.5 Å². The average Bonchev–Trinajstić information content (AvgIpc) is 2.99. The number of esters is 1. The van der Waals surface area contributed by atoms with Gasteiger partial charge in [0.25, 0.3) is 0 Å². The molecule has 0 radical (unpaired) electrons. The number of methoxy groups -OCH3 is 1. The standard InChI is InChI=1S/C19H17F4NO3/c1-8(21)15-10(5-9(22)6-11(15)23)16-17-12(3-4-14(17)25)24-13(7-20)18(16)19(26)27-2/h5-6,8,16,24H,3-4,7H2,1-2H3/t8-,16+/m0/s1. The van der Waals surface area contributed by atoms with Crippen molar-refractivity contribution < 1.29 is 31.9 Å². The summed E-state index contributed by atoms with van der Waals surface area (Å²) in [4.78, 5) is 24.8. The number of dihydropyridines is 1. The van der Waals surface area contributed by atoms with Crippen LogP contribution in [0, 0.1) is 11.6 Å². The summed E-state index contributed by atoms with van der Waals surface area (Å²) in [6.45, 7) is -0.0333. The molecule has 1 N–H and O–H groups in total. The van der Waals surface area contributed by atoms with E-state index in [-0.39, 0.29) is 41.0 Å². The van der Waals surface area contributed by atoms with Gasteiger partial charge in [0, 0.05) is 35.2 Å². The summed E-state index contributed by atoms with van der Waals surface area (Å²) in [6, 6.07) is 1.40. The zero-order valence-corrected chi connectivity index (χ0v) is 14.7. The molecule has 3 rings (SSSR count). The molecule has 1 aliphatic carbocycles. The second-order valence-corrected chi connectivity index (χ2v) is 6.40. The quantitative estimate of drug-likeness (QED) is 0.636. The number of ether oxygens (including phenoxy) is 1. The molecule has 27 heavy (non-hydrogen) atoms. The van der Waals surface area contributed by atoms with Crippen molar-refractivity contribution in [3.05, 3.63) is 57.4 Å². The second-order valence-electron chi connectivity index (χ2n) is 6.40. The van der Waals surface area contributed by atoms with Gasteiger partial charge in [0.15, 0.2) is 5.78 Å². The Morgan fingerprint density at radius 3 is 2.63 bits per heavy atom. The van der Waals surface area contributed by atoms with Gasteiger partial charge in [-0.1, -0.05) is 0 Å². The number of carbonyl (C=O) groups is 2. The Morgan fingerprint density at radius 1 is 1.33 bits per heavy atom. The molecule has 1 aromatic rings. The van der Waals surface area contributed by atoms with E-state index in [1.807, 2.05) is 0 Å². The van der Waals surface area contributed by atoms with Crippen LogP contribution in [-0.4, -0.2) is 25.5 Å². The summed E-state index contributed by atoms with van der Waals surface area (Å²) in [5.74, 6) is -4.77. The first kappa shape index (κ1) is 19.1. The van der Waals surface area contributed by atoms with Crippen LogP contribution < -0.4 is 5.32 Å². The van der Waals surface area contributed by atoms with E-state index in [0.29, 0.717) is 11.8 Å². The van der Waals surface area contributed by atoms with Crippen LogP contribution in [-0.2, 0) is 14.3 Å². The number of Topliss-reactive ketones (excluding diaryl/α,β-unsaturated/α-hetero) is 1. The molecule has 2 atom stereocenters. The molecule has 4 nitrogen and oxygen atoms in total. The van der Waals surface area contributed by atoms with E-state index in [0.717, 1.165) is 20.1 Å². The molecule has 0 bridgehead atoms. The summed E-state index contributed by atoms with van der Waals surface area (Å²) in [5.41, 5.74) is -0.706. The highest BCUT2D eigenvalue weighted by Gasteiger charge is 2.43. The largest absolute Gasteiger partial charge is 0.466 e. The molecule has 0 saturated carbocycles. The van der Waals surface area contributed by atoms with Crippen LogP contribution in [0.5, 0.6) is 0 Å². The van der Waals surface area contributed by atoms with Crippen molar-refractivity contribution in [3.8, 4) is 0 Å². The predicted molar refractivity (Wildman–Crippen MR) is 88.0 cm³/mol. The summed E-state index contributed by atoms with van der Waals surface area (Å²) in [6.07, 6.45) is -1.48. The fraction of sp³-hybridized carbons (Fsp3) is 0.368. The Balaban J connectivity index is 2.35. The predicted octanol–water partition coefficient (Wildman–Crippen LogP) is 3.70. The first-order valence-electron chi connectivity index (χ1n) is 8.33.